The monoisotopic (exact) mass is 974 g/mol. The number of fused-ring (bicyclic) bond motifs is 3. The number of pyridine rings is 1. The van der Waals surface area contributed by atoms with Crippen LogP contribution in [0.3, 0.4) is 0 Å². The van der Waals surface area contributed by atoms with Gasteiger partial charge in [0.15, 0.2) is 0 Å². The van der Waals surface area contributed by atoms with Crippen LogP contribution in [-0.4, -0.2) is 131 Å². The predicted molar refractivity (Wildman–Crippen MR) is 278 cm³/mol. The molecule has 8 heterocycles. The molecule has 3 aromatic carbocycles. The molecule has 0 spiro atoms. The summed E-state index contributed by atoms with van der Waals surface area (Å²) in [7, 11) is 5.56. The van der Waals surface area contributed by atoms with E-state index in [0.717, 1.165) is 140 Å². The zero-order valence-electron chi connectivity index (χ0n) is 42.3. The van der Waals surface area contributed by atoms with E-state index in [1.807, 2.05) is 12.3 Å². The van der Waals surface area contributed by atoms with Crippen molar-refractivity contribution < 1.29 is 19.1 Å². The Kier molecular flexibility index (Phi) is 13.2. The molecule has 376 valence electrons. The van der Waals surface area contributed by atoms with Gasteiger partial charge >= 0.3 is 5.69 Å². The molecule has 7 aromatic rings. The Morgan fingerprint density at radius 2 is 1.64 bits per heavy atom. The van der Waals surface area contributed by atoms with E-state index in [9.17, 15) is 19.2 Å². The second-order valence-electron chi connectivity index (χ2n) is 21.0. The smallest absolute Gasteiger partial charge is 0.329 e. The summed E-state index contributed by atoms with van der Waals surface area (Å²) in [6.07, 6.45) is 6.63. The van der Waals surface area contributed by atoms with Gasteiger partial charge in [-0.05, 0) is 142 Å². The number of amides is 3. The number of piperazine rings is 1. The van der Waals surface area contributed by atoms with Gasteiger partial charge in [-0.1, -0.05) is 24.3 Å². The van der Waals surface area contributed by atoms with Crippen molar-refractivity contribution in [1.82, 2.24) is 53.6 Å². The van der Waals surface area contributed by atoms with Gasteiger partial charge in [0.05, 0.1) is 22.1 Å². The Morgan fingerprint density at radius 3 is 2.39 bits per heavy atom. The van der Waals surface area contributed by atoms with Crippen LogP contribution in [-0.2, 0) is 41.6 Å². The van der Waals surface area contributed by atoms with E-state index in [1.165, 1.54) is 15.8 Å². The van der Waals surface area contributed by atoms with E-state index in [-0.39, 0.29) is 30.0 Å². The Balaban J connectivity index is 0.642. The minimum atomic E-state index is -0.689. The van der Waals surface area contributed by atoms with Crippen molar-refractivity contribution in [3.05, 3.63) is 118 Å². The molecule has 4 aliphatic rings. The van der Waals surface area contributed by atoms with Crippen LogP contribution >= 0.6 is 0 Å². The number of H-pyrrole nitrogens is 1. The minimum absolute atomic E-state index is 0.141. The number of carbonyl (C=O) groups excluding carboxylic acids is 3. The van der Waals surface area contributed by atoms with Gasteiger partial charge in [-0.2, -0.15) is 0 Å². The predicted octanol–water partition coefficient (Wildman–Crippen LogP) is 6.89. The summed E-state index contributed by atoms with van der Waals surface area (Å²) in [6, 6.07) is 25.3. The number of aromatic amines is 1. The zero-order chi connectivity index (χ0) is 49.8. The topological polar surface area (TPSA) is 159 Å². The minimum Gasteiger partial charge on any atom is -0.377 e. The number of likely N-dealkylation sites (tertiary alicyclic amines) is 2. The van der Waals surface area contributed by atoms with Crippen molar-refractivity contribution in [2.45, 2.75) is 89.6 Å². The van der Waals surface area contributed by atoms with Crippen molar-refractivity contribution in [3.63, 3.8) is 0 Å². The number of hydrogen-bond donors (Lipinski definition) is 2. The first-order valence-corrected chi connectivity index (χ1v) is 26.0. The number of nitrogens with zero attached hydrogens (tertiary/aromatic N) is 9. The van der Waals surface area contributed by atoms with Crippen LogP contribution in [0.4, 0.5) is 0 Å². The second-order valence-corrected chi connectivity index (χ2v) is 21.0. The van der Waals surface area contributed by atoms with Crippen molar-refractivity contribution >= 4 is 50.8 Å². The third-order valence-electron chi connectivity index (χ3n) is 16.6. The number of ether oxygens (including phenoxy) is 1. The molecule has 3 amide bonds. The van der Waals surface area contributed by atoms with Gasteiger partial charge in [0, 0.05) is 108 Å². The molecular weight excluding hydrogens is 907 g/mol. The summed E-state index contributed by atoms with van der Waals surface area (Å²) in [6.45, 7) is 13.4. The van der Waals surface area contributed by atoms with Crippen LogP contribution in [0.1, 0.15) is 103 Å². The molecule has 4 aromatic heterocycles. The van der Waals surface area contributed by atoms with E-state index in [2.05, 4.69) is 122 Å². The fourth-order valence-corrected chi connectivity index (χ4v) is 12.3. The highest BCUT2D eigenvalue weighted by molar-refractivity contribution is 6.00. The second kappa shape index (κ2) is 19.9. The van der Waals surface area contributed by atoms with Gasteiger partial charge in [0.2, 0.25) is 11.8 Å². The van der Waals surface area contributed by atoms with Gasteiger partial charge in [-0.15, -0.1) is 0 Å². The van der Waals surface area contributed by atoms with Gasteiger partial charge in [-0.3, -0.25) is 43.5 Å². The Labute approximate surface area is 419 Å². The fourth-order valence-electron chi connectivity index (χ4n) is 12.3. The van der Waals surface area contributed by atoms with E-state index in [1.54, 1.807) is 18.7 Å². The number of imidazole rings is 2. The van der Waals surface area contributed by atoms with Crippen LogP contribution in [0.25, 0.3) is 44.2 Å². The van der Waals surface area contributed by atoms with Crippen molar-refractivity contribution in [3.8, 4) is 11.1 Å². The number of carbonyl (C=O) groups is 3. The number of methoxy groups -OCH3 is 1. The largest absolute Gasteiger partial charge is 0.377 e. The summed E-state index contributed by atoms with van der Waals surface area (Å²) in [4.78, 5) is 74.2. The molecule has 4 fully saturated rings. The van der Waals surface area contributed by atoms with Crippen molar-refractivity contribution in [1.29, 1.82) is 0 Å². The number of piperidine rings is 3. The molecule has 0 aliphatic carbocycles. The molecule has 0 radical (unpaired) electrons. The average molecular weight is 974 g/mol. The molecule has 11 rings (SSSR count). The quantitative estimate of drug-likeness (QED) is 0.124. The Hall–Kier alpha value is -6.46. The highest BCUT2D eigenvalue weighted by Crippen LogP contribution is 2.37. The lowest BCUT2D eigenvalue weighted by atomic mass is 9.88. The molecule has 16 heteroatoms. The molecule has 4 aliphatic heterocycles. The molecule has 2 N–H and O–H groups in total. The Morgan fingerprint density at radius 1 is 0.847 bits per heavy atom. The van der Waals surface area contributed by atoms with E-state index >= 15 is 0 Å². The molecular formula is C56H67N11O5. The van der Waals surface area contributed by atoms with Crippen LogP contribution < -0.4 is 11.0 Å². The summed E-state index contributed by atoms with van der Waals surface area (Å²) in [5, 5.41) is 3.53. The summed E-state index contributed by atoms with van der Waals surface area (Å²) in [5.74, 6) is 1.27. The lowest BCUT2D eigenvalue weighted by Crippen LogP contribution is -2.53. The first kappa shape index (κ1) is 47.8. The lowest BCUT2D eigenvalue weighted by molar-refractivity contribution is -0.135. The number of hydrogen-bond acceptors (Lipinski definition) is 10. The number of aromatic nitrogens is 6. The summed E-state index contributed by atoms with van der Waals surface area (Å²) >= 11 is 0. The first-order valence-electron chi connectivity index (χ1n) is 26.0. The zero-order valence-corrected chi connectivity index (χ0v) is 42.3. The number of benzene rings is 3. The molecule has 72 heavy (non-hydrogen) atoms. The van der Waals surface area contributed by atoms with Crippen LogP contribution in [0.15, 0.2) is 83.8 Å². The number of imide groups is 1. The fraction of sp³-hybridized carbons (Fsp3) is 0.464. The van der Waals surface area contributed by atoms with E-state index in [0.29, 0.717) is 36.4 Å². The third kappa shape index (κ3) is 9.18. The molecule has 3 atom stereocenters. The molecule has 0 saturated carbocycles. The van der Waals surface area contributed by atoms with Crippen molar-refractivity contribution in [2.24, 2.45) is 20.0 Å². The van der Waals surface area contributed by atoms with E-state index in [4.69, 9.17) is 14.7 Å². The number of aryl methyl sites for hydroxylation is 2. The average Bonchev–Trinajstić information content (AvgIpc) is 4.04. The first-order chi connectivity index (χ1) is 34.9. The van der Waals surface area contributed by atoms with Gasteiger partial charge < -0.3 is 19.2 Å². The molecule has 1 unspecified atom stereocenters. The van der Waals surface area contributed by atoms with Gasteiger partial charge in [0.25, 0.3) is 5.91 Å². The van der Waals surface area contributed by atoms with Crippen LogP contribution in [0, 0.1) is 5.92 Å². The van der Waals surface area contributed by atoms with E-state index < -0.39 is 11.9 Å². The standard InChI is InChI=1S/C56H67N11O5/c1-35-31-63(32-38-6-13-47-50(28-38)62(4)56(71)67(47)48-14-15-52(68)60-54(48)69)26-27-66(35)33-37-17-22-65(23-18-37)55(70)41-9-7-39(8-10-41)40-19-24-64(25-20-40)36(2)49-30-44-43(16-21-57-53(44)61(49)3)42-11-12-45-46(29-42)59-51(58-45)34-72-5/h6-13,16,21,28-30,35-37,40,48H,14-15,17-20,22-27,31-34H2,1-5H3,(H,58,59)(H,60,68,69)/t35-,36-,48?/m0/s1. The summed E-state index contributed by atoms with van der Waals surface area (Å²) in [5.41, 5.74) is 10.9. The van der Waals surface area contributed by atoms with Crippen LogP contribution in [0.2, 0.25) is 0 Å². The summed E-state index contributed by atoms with van der Waals surface area (Å²) < 4.78 is 10.7. The maximum absolute atomic E-state index is 13.8. The molecule has 0 bridgehead atoms. The molecule has 16 nitrogen and oxygen atoms in total. The maximum Gasteiger partial charge on any atom is 0.329 e. The maximum atomic E-state index is 13.8. The SMILES string of the molecule is COCc1nc2cc(-c3ccnc4c3cc([C@H](C)N3CCC(c5ccc(C(=O)N6CCC(CN7CCN(Cc8ccc9c(c8)n(C)c(=O)n9C8CCC(=O)NC8=O)C[C@@H]7C)CC6)cc5)CC3)n4C)ccc2[nH]1. The Bertz CT molecular complexity index is 3220. The number of nitrogens with one attached hydrogen (secondary N) is 2. The van der Waals surface area contributed by atoms with Gasteiger partial charge in [0.1, 0.15) is 24.1 Å². The normalized spacial score (nSPS) is 20.8. The molecule has 4 saturated heterocycles. The number of rotatable bonds is 12. The van der Waals surface area contributed by atoms with Crippen molar-refractivity contribution in [2.75, 3.05) is 59.5 Å². The van der Waals surface area contributed by atoms with Crippen LogP contribution in [0.5, 0.6) is 0 Å². The third-order valence-corrected chi connectivity index (χ3v) is 16.6. The lowest BCUT2D eigenvalue weighted by Gasteiger charge is -2.42. The van der Waals surface area contributed by atoms with Gasteiger partial charge in [-0.25, -0.2) is 14.8 Å². The highest BCUT2D eigenvalue weighted by atomic mass is 16.5. The highest BCUT2D eigenvalue weighted by Gasteiger charge is 2.33.